The van der Waals surface area contributed by atoms with Gasteiger partial charge >= 0.3 is 5.69 Å². The van der Waals surface area contributed by atoms with Gasteiger partial charge in [0.1, 0.15) is 12.3 Å². The lowest BCUT2D eigenvalue weighted by Crippen LogP contribution is -2.42. The van der Waals surface area contributed by atoms with E-state index in [2.05, 4.69) is 15.9 Å². The van der Waals surface area contributed by atoms with E-state index in [9.17, 15) is 19.8 Å². The van der Waals surface area contributed by atoms with E-state index in [4.69, 9.17) is 4.74 Å². The maximum absolute atomic E-state index is 12.9. The first kappa shape index (κ1) is 18.8. The molecule has 1 aliphatic heterocycles. The summed E-state index contributed by atoms with van der Waals surface area (Å²) in [5, 5.41) is 19.2. The van der Waals surface area contributed by atoms with Crippen molar-refractivity contribution in [3.63, 3.8) is 0 Å². The summed E-state index contributed by atoms with van der Waals surface area (Å²) in [6, 6.07) is 9.20. The smallest absolute Gasteiger partial charge is 0.333 e. The summed E-state index contributed by atoms with van der Waals surface area (Å²) in [4.78, 5) is 27.1. The molecule has 3 atom stereocenters. The molecule has 1 aromatic heterocycles. The Bertz CT molecular complexity index is 906. The van der Waals surface area contributed by atoms with E-state index in [-0.39, 0.29) is 19.6 Å². The number of benzene rings is 1. The normalized spacial score (nSPS) is 23.0. The standard InChI is InChI=1S/C18H19BrN2O5/c19-7-6-13-10-20(16-8-14(23)15(11-22)26-16)18(25)21(17(13)24)9-12-4-2-1-3-5-12/h1-7,10,14-16,22-23H,8-9,11H2/t14?,15-,16-/m0/s1. The highest BCUT2D eigenvalue weighted by Crippen LogP contribution is 2.27. The molecule has 0 aliphatic carbocycles. The Hall–Kier alpha value is -2.00. The molecule has 2 N–H and O–H groups in total. The fraction of sp³-hybridized carbons (Fsp3) is 0.333. The van der Waals surface area contributed by atoms with Gasteiger partial charge in [0.25, 0.3) is 5.56 Å². The zero-order valence-corrected chi connectivity index (χ0v) is 15.4. The Morgan fingerprint density at radius 3 is 2.62 bits per heavy atom. The molecule has 1 saturated heterocycles. The van der Waals surface area contributed by atoms with Crippen LogP contribution in [-0.2, 0) is 11.3 Å². The lowest BCUT2D eigenvalue weighted by molar-refractivity contribution is -0.0463. The van der Waals surface area contributed by atoms with Crippen LogP contribution in [-0.4, -0.2) is 38.2 Å². The number of hydrogen-bond acceptors (Lipinski definition) is 5. The number of rotatable bonds is 5. The zero-order valence-electron chi connectivity index (χ0n) is 13.9. The highest BCUT2D eigenvalue weighted by atomic mass is 79.9. The lowest BCUT2D eigenvalue weighted by atomic mass is 10.2. The third-order valence-electron chi connectivity index (χ3n) is 4.34. The monoisotopic (exact) mass is 422 g/mol. The van der Waals surface area contributed by atoms with Crippen LogP contribution < -0.4 is 11.2 Å². The number of hydrogen-bond donors (Lipinski definition) is 2. The SMILES string of the molecule is O=c1c(C=CBr)cn([C@@H]2CC(O)[C@H](CO)O2)c(=O)n1Cc1ccccc1. The van der Waals surface area contributed by atoms with Crippen molar-refractivity contribution >= 4 is 22.0 Å². The van der Waals surface area contributed by atoms with Crippen molar-refractivity contribution in [3.05, 3.63) is 73.5 Å². The lowest BCUT2D eigenvalue weighted by Gasteiger charge is -2.17. The van der Waals surface area contributed by atoms with Crippen LogP contribution in [0.4, 0.5) is 0 Å². The minimum atomic E-state index is -0.874. The topological polar surface area (TPSA) is 93.7 Å². The third kappa shape index (κ3) is 3.73. The van der Waals surface area contributed by atoms with Crippen LogP contribution in [0.15, 0.2) is 51.1 Å². The maximum Gasteiger partial charge on any atom is 0.333 e. The van der Waals surface area contributed by atoms with Gasteiger partial charge in [-0.05, 0) is 16.6 Å². The molecule has 7 nitrogen and oxygen atoms in total. The second-order valence-electron chi connectivity index (χ2n) is 6.06. The Balaban J connectivity index is 2.08. The van der Waals surface area contributed by atoms with Gasteiger partial charge in [-0.15, -0.1) is 0 Å². The van der Waals surface area contributed by atoms with Crippen LogP contribution in [0.3, 0.4) is 0 Å². The van der Waals surface area contributed by atoms with Crippen molar-refractivity contribution in [2.45, 2.75) is 31.4 Å². The van der Waals surface area contributed by atoms with E-state index < -0.39 is 29.7 Å². The van der Waals surface area contributed by atoms with Gasteiger partial charge in [-0.3, -0.25) is 13.9 Å². The molecule has 0 saturated carbocycles. The van der Waals surface area contributed by atoms with Crippen molar-refractivity contribution in [2.75, 3.05) is 6.61 Å². The third-order valence-corrected chi connectivity index (χ3v) is 4.61. The summed E-state index contributed by atoms with van der Waals surface area (Å²) in [5.74, 6) is 0. The Morgan fingerprint density at radius 1 is 1.27 bits per heavy atom. The van der Waals surface area contributed by atoms with Crippen LogP contribution in [0, 0.1) is 0 Å². The van der Waals surface area contributed by atoms with Crippen molar-refractivity contribution in [2.24, 2.45) is 0 Å². The van der Waals surface area contributed by atoms with Gasteiger partial charge in [-0.1, -0.05) is 46.3 Å². The fourth-order valence-electron chi connectivity index (χ4n) is 2.99. The quantitative estimate of drug-likeness (QED) is 0.751. The minimum absolute atomic E-state index is 0.126. The van der Waals surface area contributed by atoms with Gasteiger partial charge in [-0.2, -0.15) is 0 Å². The molecule has 1 aromatic carbocycles. The first-order valence-electron chi connectivity index (χ1n) is 8.16. The molecule has 2 aromatic rings. The van der Waals surface area contributed by atoms with E-state index in [0.717, 1.165) is 10.1 Å². The Kier molecular flexibility index (Phi) is 5.87. The maximum atomic E-state index is 12.9. The van der Waals surface area contributed by atoms with Crippen LogP contribution in [0.1, 0.15) is 23.8 Å². The first-order chi connectivity index (χ1) is 12.5. The van der Waals surface area contributed by atoms with Gasteiger partial charge in [0.2, 0.25) is 0 Å². The second kappa shape index (κ2) is 8.13. The van der Waals surface area contributed by atoms with Gasteiger partial charge in [-0.25, -0.2) is 4.79 Å². The summed E-state index contributed by atoms with van der Waals surface area (Å²) >= 11 is 3.15. The molecule has 0 bridgehead atoms. The molecule has 8 heteroatoms. The summed E-state index contributed by atoms with van der Waals surface area (Å²) in [5.41, 5.74) is 0.186. The number of aromatic nitrogens is 2. The van der Waals surface area contributed by atoms with Crippen LogP contribution in [0.25, 0.3) is 6.08 Å². The minimum Gasteiger partial charge on any atom is -0.394 e. The van der Waals surface area contributed by atoms with Gasteiger partial charge < -0.3 is 14.9 Å². The molecule has 26 heavy (non-hydrogen) atoms. The number of aliphatic hydroxyl groups excluding tert-OH is 2. The number of halogens is 1. The molecular weight excluding hydrogens is 404 g/mol. The molecule has 1 aliphatic rings. The molecule has 138 valence electrons. The van der Waals surface area contributed by atoms with E-state index in [1.807, 2.05) is 30.3 Å². The molecule has 2 heterocycles. The van der Waals surface area contributed by atoms with Crippen molar-refractivity contribution in [1.82, 2.24) is 9.13 Å². The Morgan fingerprint density at radius 2 is 2.00 bits per heavy atom. The van der Waals surface area contributed by atoms with E-state index in [1.54, 1.807) is 6.08 Å². The highest BCUT2D eigenvalue weighted by Gasteiger charge is 2.35. The molecule has 0 radical (unpaired) electrons. The number of ether oxygens (including phenoxy) is 1. The van der Waals surface area contributed by atoms with Gasteiger partial charge in [0, 0.05) is 12.6 Å². The van der Waals surface area contributed by atoms with E-state index >= 15 is 0 Å². The van der Waals surface area contributed by atoms with Crippen LogP contribution in [0.5, 0.6) is 0 Å². The molecule has 1 unspecified atom stereocenters. The molecule has 0 spiro atoms. The van der Waals surface area contributed by atoms with Gasteiger partial charge in [0.15, 0.2) is 0 Å². The largest absolute Gasteiger partial charge is 0.394 e. The van der Waals surface area contributed by atoms with Crippen molar-refractivity contribution in [1.29, 1.82) is 0 Å². The predicted molar refractivity (Wildman–Crippen MR) is 100 cm³/mol. The summed E-state index contributed by atoms with van der Waals surface area (Å²) in [6.07, 6.45) is 0.750. The zero-order chi connectivity index (χ0) is 18.7. The summed E-state index contributed by atoms with van der Waals surface area (Å²) in [7, 11) is 0. The summed E-state index contributed by atoms with van der Waals surface area (Å²) < 4.78 is 8.02. The first-order valence-corrected chi connectivity index (χ1v) is 9.07. The fourth-order valence-corrected chi connectivity index (χ4v) is 3.27. The van der Waals surface area contributed by atoms with Crippen LogP contribution >= 0.6 is 15.9 Å². The molecule has 0 amide bonds. The van der Waals surface area contributed by atoms with E-state index in [1.165, 1.54) is 15.7 Å². The van der Waals surface area contributed by atoms with E-state index in [0.29, 0.717) is 5.56 Å². The van der Waals surface area contributed by atoms with Gasteiger partial charge in [0.05, 0.1) is 24.8 Å². The number of nitrogens with zero attached hydrogens (tertiary/aromatic N) is 2. The molecule has 3 rings (SSSR count). The van der Waals surface area contributed by atoms with Crippen molar-refractivity contribution < 1.29 is 14.9 Å². The Labute approximate surface area is 157 Å². The average molecular weight is 423 g/mol. The highest BCUT2D eigenvalue weighted by molar-refractivity contribution is 9.11. The van der Waals surface area contributed by atoms with Crippen LogP contribution in [0.2, 0.25) is 0 Å². The number of aliphatic hydroxyl groups is 2. The summed E-state index contributed by atoms with van der Waals surface area (Å²) in [6.45, 7) is -0.217. The average Bonchev–Trinajstić information content (AvgIpc) is 3.02. The van der Waals surface area contributed by atoms with Crippen molar-refractivity contribution in [3.8, 4) is 0 Å². The predicted octanol–water partition coefficient (Wildman–Crippen LogP) is 1.06. The second-order valence-corrected chi connectivity index (χ2v) is 6.59. The molecular formula is C18H19BrN2O5. The molecule has 1 fully saturated rings.